The maximum atomic E-state index is 15.0. The maximum absolute atomic E-state index is 15.0. The van der Waals surface area contributed by atoms with Crippen molar-refractivity contribution in [3.05, 3.63) is 59.6 Å². The number of anilines is 2. The van der Waals surface area contributed by atoms with Crippen molar-refractivity contribution >= 4 is 44.8 Å². The van der Waals surface area contributed by atoms with Crippen molar-refractivity contribution in [3.63, 3.8) is 0 Å². The Balaban J connectivity index is 1.21. The first-order valence-corrected chi connectivity index (χ1v) is 16.9. The normalized spacial score (nSPS) is 27.6. The van der Waals surface area contributed by atoms with Gasteiger partial charge in [0.15, 0.2) is 0 Å². The zero-order chi connectivity index (χ0) is 32.2. The number of rotatable bonds is 5. The zero-order valence-corrected chi connectivity index (χ0v) is 27.1. The lowest BCUT2D eigenvalue weighted by Crippen LogP contribution is -2.49. The van der Waals surface area contributed by atoms with Gasteiger partial charge in [0.05, 0.1) is 52.3 Å². The lowest BCUT2D eigenvalue weighted by atomic mass is 9.80. The highest BCUT2D eigenvalue weighted by atomic mass is 35.5. The van der Waals surface area contributed by atoms with E-state index < -0.39 is 5.82 Å². The highest BCUT2D eigenvalue weighted by Gasteiger charge is 2.67. The summed E-state index contributed by atoms with van der Waals surface area (Å²) in [5.41, 5.74) is 11.3. The molecule has 0 unspecified atom stereocenters. The summed E-state index contributed by atoms with van der Waals surface area (Å²) in [5, 5.41) is 2.10. The Labute approximate surface area is 278 Å². The van der Waals surface area contributed by atoms with Gasteiger partial charge in [-0.25, -0.2) is 4.39 Å². The molecule has 1 spiro atoms. The van der Waals surface area contributed by atoms with Crippen LogP contribution >= 0.6 is 11.6 Å². The first-order valence-electron chi connectivity index (χ1n) is 16.4. The number of fused-ring (bicyclic) bond motifs is 5. The summed E-state index contributed by atoms with van der Waals surface area (Å²) >= 11 is 6.79. The van der Waals surface area contributed by atoms with Crippen LogP contribution in [-0.4, -0.2) is 76.3 Å². The van der Waals surface area contributed by atoms with Crippen LogP contribution in [0.15, 0.2) is 42.6 Å². The minimum Gasteiger partial charge on any atom is -0.461 e. The standard InChI is InChI=1S/C37H36ClFN6O2/c1-4-24-28(39)6-5-22-13-23(40)14-25(29(22)24)31-21(3)32-26(16-41-31)34(45-11-12-46-18-27-30(38)33(27)45)43-35(42-32)47-19-37-15-20(2)17-44(37)10-9-36(37)7-8-36/h1,5-6,13-14,16,27,30,33H,2,7-12,15,17-19,40H2,3H3/t27-,30-,33-,37+/m1/s1. The average Bonchev–Trinajstić information content (AvgIpc) is 3.93. The lowest BCUT2D eigenvalue weighted by Gasteiger charge is -2.37. The van der Waals surface area contributed by atoms with E-state index in [4.69, 9.17) is 48.2 Å². The van der Waals surface area contributed by atoms with Crippen molar-refractivity contribution in [3.8, 4) is 29.6 Å². The molecule has 2 aromatic heterocycles. The van der Waals surface area contributed by atoms with Gasteiger partial charge in [0.25, 0.3) is 0 Å². The van der Waals surface area contributed by atoms with Crippen molar-refractivity contribution < 1.29 is 13.9 Å². The third-order valence-corrected chi connectivity index (χ3v) is 12.2. The van der Waals surface area contributed by atoms with Crippen LogP contribution in [-0.2, 0) is 4.74 Å². The van der Waals surface area contributed by atoms with E-state index in [1.807, 2.05) is 6.92 Å². The van der Waals surface area contributed by atoms with Crippen molar-refractivity contribution in [2.24, 2.45) is 11.3 Å². The maximum Gasteiger partial charge on any atom is 0.319 e. The monoisotopic (exact) mass is 650 g/mol. The lowest BCUT2D eigenvalue weighted by molar-refractivity contribution is 0.0649. The molecule has 0 bridgehead atoms. The summed E-state index contributed by atoms with van der Waals surface area (Å²) in [6.45, 7) is 10.7. The van der Waals surface area contributed by atoms with E-state index in [1.165, 1.54) is 30.9 Å². The molecule has 4 atom stereocenters. The summed E-state index contributed by atoms with van der Waals surface area (Å²) < 4.78 is 27.6. The Bertz CT molecular complexity index is 2060. The fraction of sp³-hybridized carbons (Fsp3) is 0.432. The van der Waals surface area contributed by atoms with Gasteiger partial charge in [-0.3, -0.25) is 9.88 Å². The number of nitrogens with zero attached hydrogens (tertiary/aromatic N) is 5. The van der Waals surface area contributed by atoms with E-state index in [2.05, 4.69) is 22.3 Å². The van der Waals surface area contributed by atoms with Gasteiger partial charge in [-0.15, -0.1) is 18.0 Å². The summed E-state index contributed by atoms with van der Waals surface area (Å²) in [6, 6.07) is 7.09. The molecular weight excluding hydrogens is 615 g/mol. The Hall–Kier alpha value is -3.97. The average molecular weight is 651 g/mol. The number of hydrogen-bond donors (Lipinski definition) is 1. The van der Waals surface area contributed by atoms with E-state index in [0.717, 1.165) is 41.7 Å². The van der Waals surface area contributed by atoms with Gasteiger partial charge < -0.3 is 20.1 Å². The Morgan fingerprint density at radius 3 is 2.89 bits per heavy atom. The number of terminal acetylenes is 1. The van der Waals surface area contributed by atoms with E-state index in [9.17, 15) is 0 Å². The van der Waals surface area contributed by atoms with Crippen molar-refractivity contribution in [1.82, 2.24) is 19.9 Å². The molecule has 3 saturated heterocycles. The largest absolute Gasteiger partial charge is 0.461 e. The molecule has 5 heterocycles. The molecule has 0 amide bonds. The van der Waals surface area contributed by atoms with Crippen LogP contribution in [0.25, 0.3) is 32.9 Å². The van der Waals surface area contributed by atoms with Crippen LogP contribution in [0.4, 0.5) is 15.9 Å². The zero-order valence-electron chi connectivity index (χ0n) is 26.4. The van der Waals surface area contributed by atoms with E-state index in [1.54, 1.807) is 24.4 Å². The highest BCUT2D eigenvalue weighted by Crippen LogP contribution is 2.66. The molecule has 2 saturated carbocycles. The molecule has 47 heavy (non-hydrogen) atoms. The molecule has 4 aromatic rings. The molecule has 2 aliphatic carbocycles. The molecule has 0 radical (unpaired) electrons. The summed E-state index contributed by atoms with van der Waals surface area (Å²) in [7, 11) is 0. The van der Waals surface area contributed by atoms with Crippen LogP contribution in [0, 0.1) is 36.4 Å². The van der Waals surface area contributed by atoms with Gasteiger partial charge in [-0.1, -0.05) is 24.1 Å². The van der Waals surface area contributed by atoms with Crippen molar-refractivity contribution in [2.45, 2.75) is 49.6 Å². The summed E-state index contributed by atoms with van der Waals surface area (Å²) in [6.07, 6.45) is 12.2. The second-order valence-corrected chi connectivity index (χ2v) is 14.6. The quantitative estimate of drug-likeness (QED) is 0.124. The third kappa shape index (κ3) is 4.24. The minimum absolute atomic E-state index is 0.0288. The number of aryl methyl sites for hydroxylation is 1. The molecule has 5 fully saturated rings. The van der Waals surface area contributed by atoms with Gasteiger partial charge in [-0.2, -0.15) is 9.97 Å². The first kappa shape index (κ1) is 29.2. The SMILES string of the molecule is C#Cc1c(F)ccc2cc(N)cc(-c3ncc4c(N5CCOC[C@@H]6[C@@H](Cl)[C@@H]65)nc(OC[C@]56CC(=C)CN5CCC65CC5)nc4c3C)c12. The number of halogens is 2. The fourth-order valence-corrected chi connectivity index (χ4v) is 9.42. The van der Waals surface area contributed by atoms with Crippen LogP contribution in [0.3, 0.4) is 0 Å². The number of aromatic nitrogens is 3. The second-order valence-electron chi connectivity index (χ2n) is 14.1. The van der Waals surface area contributed by atoms with Crippen molar-refractivity contribution in [2.75, 3.05) is 50.1 Å². The molecule has 9 rings (SSSR count). The molecule has 2 N–H and O–H groups in total. The highest BCUT2D eigenvalue weighted by molar-refractivity contribution is 6.24. The van der Waals surface area contributed by atoms with Crippen molar-refractivity contribution in [1.29, 1.82) is 0 Å². The topological polar surface area (TPSA) is 89.6 Å². The van der Waals surface area contributed by atoms with E-state index >= 15 is 4.39 Å². The number of nitrogen functional groups attached to an aromatic ring is 1. The molecule has 5 aliphatic rings. The fourth-order valence-electron chi connectivity index (χ4n) is 8.96. The number of hydrogen-bond acceptors (Lipinski definition) is 8. The Kier molecular flexibility index (Phi) is 6.37. The molecule has 240 valence electrons. The van der Waals surface area contributed by atoms with E-state index in [0.29, 0.717) is 60.2 Å². The molecule has 8 nitrogen and oxygen atoms in total. The number of nitrogens with two attached hydrogens (primary N) is 1. The third-order valence-electron chi connectivity index (χ3n) is 11.6. The van der Waals surface area contributed by atoms with Gasteiger partial charge in [0.2, 0.25) is 0 Å². The number of benzene rings is 2. The molecular formula is C37H36ClFN6O2. The Morgan fingerprint density at radius 2 is 2.09 bits per heavy atom. The smallest absolute Gasteiger partial charge is 0.319 e. The Morgan fingerprint density at radius 1 is 1.23 bits per heavy atom. The van der Waals surface area contributed by atoms with Gasteiger partial charge >= 0.3 is 6.01 Å². The summed E-state index contributed by atoms with van der Waals surface area (Å²) in [4.78, 5) is 19.9. The summed E-state index contributed by atoms with van der Waals surface area (Å²) in [5.74, 6) is 3.05. The van der Waals surface area contributed by atoms with Crippen LogP contribution in [0.1, 0.15) is 36.8 Å². The number of pyridine rings is 1. The van der Waals surface area contributed by atoms with Gasteiger partial charge in [0, 0.05) is 47.4 Å². The minimum atomic E-state index is -0.467. The molecule has 10 heteroatoms. The molecule has 3 aliphatic heterocycles. The van der Waals surface area contributed by atoms with Crippen LogP contribution in [0.5, 0.6) is 6.01 Å². The van der Waals surface area contributed by atoms with Gasteiger partial charge in [0.1, 0.15) is 18.2 Å². The number of alkyl halides is 1. The van der Waals surface area contributed by atoms with Crippen LogP contribution in [0.2, 0.25) is 0 Å². The predicted molar refractivity (Wildman–Crippen MR) is 182 cm³/mol. The second kappa shape index (κ2) is 10.3. The first-order chi connectivity index (χ1) is 22.7. The van der Waals surface area contributed by atoms with Gasteiger partial charge in [-0.05, 0) is 68.2 Å². The number of ether oxygens (including phenoxy) is 2. The van der Waals surface area contributed by atoms with Crippen LogP contribution < -0.4 is 15.4 Å². The predicted octanol–water partition coefficient (Wildman–Crippen LogP) is 5.86. The molecule has 2 aromatic carbocycles. The van der Waals surface area contributed by atoms with E-state index in [-0.39, 0.29) is 33.9 Å².